The number of amides is 1. The van der Waals surface area contributed by atoms with Crippen LogP contribution in [-0.2, 0) is 0 Å². The van der Waals surface area contributed by atoms with Crippen molar-refractivity contribution in [2.45, 2.75) is 17.9 Å². The van der Waals surface area contributed by atoms with Crippen molar-refractivity contribution in [1.82, 2.24) is 9.88 Å². The Hall–Kier alpha value is -2.60. The fourth-order valence-corrected chi connectivity index (χ4v) is 4.35. The van der Waals surface area contributed by atoms with E-state index in [0.717, 1.165) is 23.6 Å². The normalized spacial score (nSPS) is 15.2. The summed E-state index contributed by atoms with van der Waals surface area (Å²) in [7, 11) is 0. The van der Waals surface area contributed by atoms with Crippen LogP contribution in [0.1, 0.15) is 23.4 Å². The average Bonchev–Trinajstić information content (AvgIpc) is 2.73. The van der Waals surface area contributed by atoms with E-state index < -0.39 is 0 Å². The summed E-state index contributed by atoms with van der Waals surface area (Å²) in [5.74, 6) is 1.49. The van der Waals surface area contributed by atoms with Gasteiger partial charge in [0, 0.05) is 31.1 Å². The zero-order valence-corrected chi connectivity index (χ0v) is 15.7. The second kappa shape index (κ2) is 7.96. The Morgan fingerprint density at radius 1 is 1.15 bits per heavy atom. The largest absolute Gasteiger partial charge is 0.451 e. The quantitative estimate of drug-likeness (QED) is 0.644. The van der Waals surface area contributed by atoms with Gasteiger partial charge in [-0.15, -0.1) is 11.8 Å². The summed E-state index contributed by atoms with van der Waals surface area (Å²) in [6.07, 6.45) is 3.70. The number of hydrogen-bond donors (Lipinski definition) is 0. The highest BCUT2D eigenvalue weighted by Crippen LogP contribution is 2.26. The molecule has 6 heteroatoms. The number of thioether (sulfide) groups is 1. The van der Waals surface area contributed by atoms with Crippen LogP contribution < -0.4 is 5.43 Å². The number of carbonyl (C=O) groups excluding carboxylic acids is 1. The van der Waals surface area contributed by atoms with E-state index in [1.165, 1.54) is 6.07 Å². The Labute approximate surface area is 161 Å². The molecule has 0 unspecified atom stereocenters. The average molecular weight is 380 g/mol. The molecule has 1 amide bonds. The molecular formula is C21H20N2O3S. The van der Waals surface area contributed by atoms with Gasteiger partial charge in [-0.1, -0.05) is 18.2 Å². The molecule has 2 aromatic heterocycles. The maximum atomic E-state index is 12.8. The monoisotopic (exact) mass is 380 g/mol. The van der Waals surface area contributed by atoms with Crippen molar-refractivity contribution in [2.24, 2.45) is 5.92 Å². The Bertz CT molecular complexity index is 995. The number of nitrogens with zero attached hydrogens (tertiary/aromatic N) is 2. The lowest BCUT2D eigenvalue weighted by Crippen LogP contribution is -2.39. The third kappa shape index (κ3) is 4.06. The first-order chi connectivity index (χ1) is 13.2. The van der Waals surface area contributed by atoms with Gasteiger partial charge in [0.2, 0.25) is 0 Å². The molecule has 0 spiro atoms. The summed E-state index contributed by atoms with van der Waals surface area (Å²) >= 11 is 1.76. The van der Waals surface area contributed by atoms with Crippen molar-refractivity contribution in [2.75, 3.05) is 18.8 Å². The fourth-order valence-electron chi connectivity index (χ4n) is 3.30. The van der Waals surface area contributed by atoms with Crippen LogP contribution in [0, 0.1) is 5.92 Å². The molecule has 4 rings (SSSR count). The van der Waals surface area contributed by atoms with Gasteiger partial charge in [-0.05, 0) is 43.0 Å². The Balaban J connectivity index is 1.38. The molecule has 138 valence electrons. The van der Waals surface area contributed by atoms with Gasteiger partial charge >= 0.3 is 0 Å². The Kier molecular flexibility index (Phi) is 5.25. The second-order valence-electron chi connectivity index (χ2n) is 6.69. The molecule has 0 bridgehead atoms. The van der Waals surface area contributed by atoms with Crippen molar-refractivity contribution in [3.8, 4) is 0 Å². The van der Waals surface area contributed by atoms with Gasteiger partial charge in [0.15, 0.2) is 11.2 Å². The van der Waals surface area contributed by atoms with E-state index in [-0.39, 0.29) is 17.1 Å². The first-order valence-corrected chi connectivity index (χ1v) is 10.1. The van der Waals surface area contributed by atoms with E-state index in [0.29, 0.717) is 30.0 Å². The number of hydrogen-bond acceptors (Lipinski definition) is 5. The maximum Gasteiger partial charge on any atom is 0.289 e. The van der Waals surface area contributed by atoms with E-state index in [9.17, 15) is 9.59 Å². The van der Waals surface area contributed by atoms with E-state index in [1.54, 1.807) is 47.1 Å². The van der Waals surface area contributed by atoms with Gasteiger partial charge in [0.25, 0.3) is 5.91 Å². The number of pyridine rings is 1. The summed E-state index contributed by atoms with van der Waals surface area (Å²) in [6, 6.07) is 14.2. The molecule has 0 N–H and O–H groups in total. The van der Waals surface area contributed by atoms with Gasteiger partial charge in [0.05, 0.1) is 10.4 Å². The number of carbonyl (C=O) groups is 1. The molecular weight excluding hydrogens is 360 g/mol. The molecule has 3 heterocycles. The Morgan fingerprint density at radius 2 is 1.93 bits per heavy atom. The van der Waals surface area contributed by atoms with E-state index in [1.807, 2.05) is 18.2 Å². The van der Waals surface area contributed by atoms with Gasteiger partial charge in [-0.2, -0.15) is 0 Å². The van der Waals surface area contributed by atoms with Crippen molar-refractivity contribution in [1.29, 1.82) is 0 Å². The number of aromatic nitrogens is 1. The zero-order chi connectivity index (χ0) is 18.6. The van der Waals surface area contributed by atoms with Gasteiger partial charge in [-0.3, -0.25) is 9.59 Å². The minimum atomic E-state index is -0.200. The molecule has 0 atom stereocenters. The third-order valence-electron chi connectivity index (χ3n) is 4.85. The number of piperidine rings is 1. The van der Waals surface area contributed by atoms with E-state index in [4.69, 9.17) is 4.42 Å². The lowest BCUT2D eigenvalue weighted by Gasteiger charge is -2.31. The minimum Gasteiger partial charge on any atom is -0.451 e. The molecule has 27 heavy (non-hydrogen) atoms. The van der Waals surface area contributed by atoms with Crippen LogP contribution in [0.2, 0.25) is 0 Å². The molecule has 1 aliphatic rings. The smallest absolute Gasteiger partial charge is 0.289 e. The number of rotatable bonds is 4. The van der Waals surface area contributed by atoms with Gasteiger partial charge < -0.3 is 9.32 Å². The molecule has 3 aromatic rings. The number of benzene rings is 1. The van der Waals surface area contributed by atoms with Gasteiger partial charge in [0.1, 0.15) is 5.58 Å². The molecule has 1 fully saturated rings. The van der Waals surface area contributed by atoms with E-state index in [2.05, 4.69) is 4.98 Å². The predicted octanol–water partition coefficient (Wildman–Crippen LogP) is 3.83. The fraction of sp³-hybridized carbons (Fsp3) is 0.286. The molecule has 1 aliphatic heterocycles. The third-order valence-corrected chi connectivity index (χ3v) is 6.03. The first kappa shape index (κ1) is 17.8. The van der Waals surface area contributed by atoms with Crippen molar-refractivity contribution >= 4 is 28.6 Å². The highest BCUT2D eigenvalue weighted by atomic mass is 32.2. The van der Waals surface area contributed by atoms with Crippen LogP contribution in [0.5, 0.6) is 0 Å². The van der Waals surface area contributed by atoms with Crippen molar-refractivity contribution in [3.63, 3.8) is 0 Å². The van der Waals surface area contributed by atoms with Crippen LogP contribution in [0.15, 0.2) is 69.0 Å². The Morgan fingerprint density at radius 3 is 2.70 bits per heavy atom. The van der Waals surface area contributed by atoms with Crippen LogP contribution in [-0.4, -0.2) is 34.6 Å². The molecule has 1 saturated heterocycles. The van der Waals surface area contributed by atoms with Crippen molar-refractivity contribution in [3.05, 3.63) is 70.7 Å². The van der Waals surface area contributed by atoms with Crippen LogP contribution in [0.25, 0.3) is 11.0 Å². The van der Waals surface area contributed by atoms with E-state index >= 15 is 0 Å². The molecule has 0 radical (unpaired) electrons. The highest BCUT2D eigenvalue weighted by Gasteiger charge is 2.25. The number of likely N-dealkylation sites (tertiary alicyclic amines) is 1. The maximum absolute atomic E-state index is 12.8. The van der Waals surface area contributed by atoms with Crippen LogP contribution in [0.4, 0.5) is 0 Å². The van der Waals surface area contributed by atoms with Crippen molar-refractivity contribution < 1.29 is 9.21 Å². The van der Waals surface area contributed by atoms with Gasteiger partial charge in [-0.25, -0.2) is 4.98 Å². The summed E-state index contributed by atoms with van der Waals surface area (Å²) in [5, 5.41) is 1.54. The minimum absolute atomic E-state index is 0.125. The summed E-state index contributed by atoms with van der Waals surface area (Å²) in [4.78, 5) is 31.1. The van der Waals surface area contributed by atoms with Crippen LogP contribution in [0.3, 0.4) is 0 Å². The first-order valence-electron chi connectivity index (χ1n) is 9.07. The number of fused-ring (bicyclic) bond motifs is 1. The summed E-state index contributed by atoms with van der Waals surface area (Å²) in [6.45, 7) is 1.37. The topological polar surface area (TPSA) is 63.4 Å². The summed E-state index contributed by atoms with van der Waals surface area (Å²) < 4.78 is 5.69. The SMILES string of the molecule is O=C(c1cc(=O)c2ccccc2o1)N1CCC(CSc2ccccn2)CC1. The van der Waals surface area contributed by atoms with Crippen LogP contribution >= 0.6 is 11.8 Å². The zero-order valence-electron chi connectivity index (χ0n) is 14.8. The molecule has 5 nitrogen and oxygen atoms in total. The standard InChI is InChI=1S/C21H20N2O3S/c24-17-13-19(26-18-6-2-1-5-16(17)18)21(25)23-11-8-15(9-12-23)14-27-20-7-3-4-10-22-20/h1-7,10,13,15H,8-9,11-12,14H2. The molecule has 0 saturated carbocycles. The molecule has 0 aliphatic carbocycles. The summed E-state index contributed by atoms with van der Waals surface area (Å²) in [5.41, 5.74) is 0.275. The lowest BCUT2D eigenvalue weighted by molar-refractivity contribution is 0.0667. The second-order valence-corrected chi connectivity index (χ2v) is 7.73. The predicted molar refractivity (Wildman–Crippen MR) is 106 cm³/mol. The molecule has 1 aromatic carbocycles. The highest BCUT2D eigenvalue weighted by molar-refractivity contribution is 7.99. The lowest BCUT2D eigenvalue weighted by atomic mass is 9.99. The number of para-hydroxylation sites is 1.